The van der Waals surface area contributed by atoms with Gasteiger partial charge in [0.15, 0.2) is 5.01 Å². The van der Waals surface area contributed by atoms with E-state index in [1.165, 1.54) is 15.9 Å². The van der Waals surface area contributed by atoms with Crippen molar-refractivity contribution in [3.8, 4) is 11.5 Å². The van der Waals surface area contributed by atoms with Crippen LogP contribution in [0.2, 0.25) is 0 Å². The minimum atomic E-state index is -0.260. The summed E-state index contributed by atoms with van der Waals surface area (Å²) >= 11 is 1.27. The minimum absolute atomic E-state index is 0.250. The average Bonchev–Trinajstić information content (AvgIpc) is 2.93. The molecule has 0 fully saturated rings. The Morgan fingerprint density at radius 2 is 2.10 bits per heavy atom. The summed E-state index contributed by atoms with van der Waals surface area (Å²) in [5.74, 6) is 1.39. The van der Waals surface area contributed by atoms with Crippen LogP contribution in [0.3, 0.4) is 0 Å². The largest absolute Gasteiger partial charge is 0.497 e. The standard InChI is InChI=1S/C13H12N4O3S/c1-8-12(18)17-13(15-14-8)21-11(16-17)7-20-10-5-3-4-9(6-10)19-2/h3-6H,7H2,1-2H3. The quantitative estimate of drug-likeness (QED) is 0.726. The van der Waals surface area contributed by atoms with Gasteiger partial charge in [0.2, 0.25) is 4.96 Å². The molecule has 1 aromatic carbocycles. The van der Waals surface area contributed by atoms with Crippen LogP contribution in [-0.2, 0) is 6.61 Å². The van der Waals surface area contributed by atoms with Gasteiger partial charge in [0.25, 0.3) is 5.56 Å². The monoisotopic (exact) mass is 304 g/mol. The van der Waals surface area contributed by atoms with Crippen LogP contribution in [0.4, 0.5) is 0 Å². The topological polar surface area (TPSA) is 78.6 Å². The Labute approximate surface area is 123 Å². The van der Waals surface area contributed by atoms with Crippen LogP contribution < -0.4 is 15.0 Å². The Kier molecular flexibility index (Phi) is 3.53. The van der Waals surface area contributed by atoms with Crippen LogP contribution in [-0.4, -0.2) is 26.9 Å². The summed E-state index contributed by atoms with van der Waals surface area (Å²) in [4.78, 5) is 12.3. The first kappa shape index (κ1) is 13.5. The average molecular weight is 304 g/mol. The predicted octanol–water partition coefficient (Wildman–Crippen LogP) is 1.44. The summed E-state index contributed by atoms with van der Waals surface area (Å²) in [6.45, 7) is 1.85. The van der Waals surface area contributed by atoms with Gasteiger partial charge in [0, 0.05) is 6.07 Å². The van der Waals surface area contributed by atoms with E-state index >= 15 is 0 Å². The summed E-state index contributed by atoms with van der Waals surface area (Å²) in [7, 11) is 1.60. The fourth-order valence-corrected chi connectivity index (χ4v) is 2.47. The summed E-state index contributed by atoms with van der Waals surface area (Å²) in [6.07, 6.45) is 0. The summed E-state index contributed by atoms with van der Waals surface area (Å²) in [5.41, 5.74) is 0.0574. The molecule has 3 rings (SSSR count). The molecule has 0 atom stereocenters. The van der Waals surface area contributed by atoms with Gasteiger partial charge in [-0.1, -0.05) is 17.4 Å². The van der Waals surface area contributed by atoms with Crippen molar-refractivity contribution in [3.63, 3.8) is 0 Å². The maximum absolute atomic E-state index is 11.8. The smallest absolute Gasteiger partial charge is 0.296 e. The fourth-order valence-electron chi connectivity index (χ4n) is 1.73. The van der Waals surface area contributed by atoms with E-state index in [9.17, 15) is 4.79 Å². The van der Waals surface area contributed by atoms with Crippen LogP contribution >= 0.6 is 11.3 Å². The molecule has 7 nitrogen and oxygen atoms in total. The van der Waals surface area contributed by atoms with E-state index < -0.39 is 0 Å². The fraction of sp³-hybridized carbons (Fsp3) is 0.231. The number of methoxy groups -OCH3 is 1. The van der Waals surface area contributed by atoms with E-state index in [-0.39, 0.29) is 12.2 Å². The molecule has 2 aromatic heterocycles. The van der Waals surface area contributed by atoms with Crippen molar-refractivity contribution in [2.24, 2.45) is 0 Å². The Morgan fingerprint density at radius 1 is 1.29 bits per heavy atom. The molecule has 0 saturated heterocycles. The Balaban J connectivity index is 1.82. The molecular weight excluding hydrogens is 292 g/mol. The molecule has 0 saturated carbocycles. The highest BCUT2D eigenvalue weighted by atomic mass is 32.1. The number of benzene rings is 1. The molecule has 3 aromatic rings. The molecule has 0 aliphatic rings. The number of aryl methyl sites for hydroxylation is 1. The maximum atomic E-state index is 11.8. The number of rotatable bonds is 4. The van der Waals surface area contributed by atoms with Crippen molar-refractivity contribution in [3.05, 3.63) is 45.3 Å². The van der Waals surface area contributed by atoms with Crippen LogP contribution in [0, 0.1) is 6.92 Å². The lowest BCUT2D eigenvalue weighted by Gasteiger charge is -2.05. The molecule has 0 aliphatic heterocycles. The van der Waals surface area contributed by atoms with Gasteiger partial charge in [0.05, 0.1) is 7.11 Å². The van der Waals surface area contributed by atoms with Gasteiger partial charge >= 0.3 is 0 Å². The normalized spacial score (nSPS) is 10.8. The van der Waals surface area contributed by atoms with Gasteiger partial charge < -0.3 is 9.47 Å². The lowest BCUT2D eigenvalue weighted by atomic mass is 10.3. The van der Waals surface area contributed by atoms with Crippen LogP contribution in [0.15, 0.2) is 29.1 Å². The van der Waals surface area contributed by atoms with E-state index in [1.807, 2.05) is 18.2 Å². The lowest BCUT2D eigenvalue weighted by Crippen LogP contribution is -2.19. The van der Waals surface area contributed by atoms with E-state index in [2.05, 4.69) is 15.3 Å². The minimum Gasteiger partial charge on any atom is -0.497 e. The summed E-state index contributed by atoms with van der Waals surface area (Å²) in [6, 6.07) is 7.28. The second-order valence-corrected chi connectivity index (χ2v) is 5.29. The van der Waals surface area contributed by atoms with Gasteiger partial charge in [-0.3, -0.25) is 4.79 Å². The van der Waals surface area contributed by atoms with E-state index in [0.717, 1.165) is 5.75 Å². The van der Waals surface area contributed by atoms with Crippen molar-refractivity contribution in [2.75, 3.05) is 7.11 Å². The number of aromatic nitrogens is 4. The van der Waals surface area contributed by atoms with E-state index in [4.69, 9.17) is 9.47 Å². The zero-order valence-electron chi connectivity index (χ0n) is 11.4. The lowest BCUT2D eigenvalue weighted by molar-refractivity contribution is 0.301. The van der Waals surface area contributed by atoms with Gasteiger partial charge in [-0.15, -0.1) is 10.2 Å². The van der Waals surface area contributed by atoms with Crippen molar-refractivity contribution in [1.29, 1.82) is 0 Å². The third-order valence-electron chi connectivity index (χ3n) is 2.79. The molecule has 0 N–H and O–H groups in total. The second kappa shape index (κ2) is 5.49. The van der Waals surface area contributed by atoms with Crippen molar-refractivity contribution < 1.29 is 9.47 Å². The molecule has 0 spiro atoms. The van der Waals surface area contributed by atoms with Crippen LogP contribution in [0.5, 0.6) is 11.5 Å². The Bertz CT molecular complexity index is 843. The predicted molar refractivity (Wildman–Crippen MR) is 77.0 cm³/mol. The van der Waals surface area contributed by atoms with Gasteiger partial charge in [-0.25, -0.2) is 0 Å². The first-order valence-corrected chi connectivity index (χ1v) is 6.98. The number of ether oxygens (including phenoxy) is 2. The highest BCUT2D eigenvalue weighted by Gasteiger charge is 2.10. The van der Waals surface area contributed by atoms with E-state index in [1.54, 1.807) is 20.1 Å². The van der Waals surface area contributed by atoms with Gasteiger partial charge in [-0.05, 0) is 19.1 Å². The van der Waals surface area contributed by atoms with Crippen molar-refractivity contribution in [1.82, 2.24) is 19.8 Å². The molecule has 0 unspecified atom stereocenters. The Morgan fingerprint density at radius 3 is 2.90 bits per heavy atom. The zero-order chi connectivity index (χ0) is 14.8. The maximum Gasteiger partial charge on any atom is 0.296 e. The second-order valence-electron chi connectivity index (χ2n) is 4.25. The molecule has 0 bridgehead atoms. The van der Waals surface area contributed by atoms with Crippen LogP contribution in [0.1, 0.15) is 10.7 Å². The highest BCUT2D eigenvalue weighted by Crippen LogP contribution is 2.20. The first-order valence-electron chi connectivity index (χ1n) is 6.16. The molecule has 8 heteroatoms. The number of hydrogen-bond acceptors (Lipinski definition) is 7. The molecule has 0 radical (unpaired) electrons. The highest BCUT2D eigenvalue weighted by molar-refractivity contribution is 7.16. The summed E-state index contributed by atoms with van der Waals surface area (Å²) in [5, 5.41) is 12.6. The van der Waals surface area contributed by atoms with Gasteiger partial charge in [-0.2, -0.15) is 9.61 Å². The molecule has 0 amide bonds. The summed E-state index contributed by atoms with van der Waals surface area (Å²) < 4.78 is 12.0. The van der Waals surface area contributed by atoms with Crippen molar-refractivity contribution >= 4 is 16.3 Å². The number of hydrogen-bond donors (Lipinski definition) is 0. The SMILES string of the molecule is COc1cccc(OCc2nn3c(=O)c(C)nnc3s2)c1. The molecule has 21 heavy (non-hydrogen) atoms. The molecular formula is C13H12N4O3S. The zero-order valence-corrected chi connectivity index (χ0v) is 12.3. The van der Waals surface area contributed by atoms with Gasteiger partial charge in [0.1, 0.15) is 23.8 Å². The van der Waals surface area contributed by atoms with Crippen LogP contribution in [0.25, 0.3) is 4.96 Å². The third kappa shape index (κ3) is 2.70. The third-order valence-corrected chi connectivity index (χ3v) is 3.67. The number of fused-ring (bicyclic) bond motifs is 1. The molecule has 0 aliphatic carbocycles. The van der Waals surface area contributed by atoms with E-state index in [0.29, 0.717) is 21.4 Å². The molecule has 2 heterocycles. The van der Waals surface area contributed by atoms with Crippen molar-refractivity contribution in [2.45, 2.75) is 13.5 Å². The number of nitrogens with zero attached hydrogens (tertiary/aromatic N) is 4. The first-order chi connectivity index (χ1) is 10.2. The molecule has 108 valence electrons. The Hall–Kier alpha value is -2.48.